The van der Waals surface area contributed by atoms with Gasteiger partial charge in [0, 0.05) is 32.7 Å². The van der Waals surface area contributed by atoms with E-state index in [2.05, 4.69) is 30.6 Å². The first-order chi connectivity index (χ1) is 8.11. The van der Waals surface area contributed by atoms with E-state index in [1.165, 1.54) is 52.1 Å². The summed E-state index contributed by atoms with van der Waals surface area (Å²) in [5.41, 5.74) is 5.67. The normalized spacial score (nSPS) is 21.0. The molecule has 1 unspecified atom stereocenters. The SMILES string of the molecule is CC(C)CCCN1CCN(CC(C)CN)CC1. The van der Waals surface area contributed by atoms with Gasteiger partial charge in [-0.25, -0.2) is 0 Å². The second kappa shape index (κ2) is 8.06. The van der Waals surface area contributed by atoms with E-state index < -0.39 is 0 Å². The topological polar surface area (TPSA) is 32.5 Å². The van der Waals surface area contributed by atoms with Gasteiger partial charge < -0.3 is 15.5 Å². The minimum Gasteiger partial charge on any atom is -0.330 e. The zero-order valence-electron chi connectivity index (χ0n) is 12.0. The van der Waals surface area contributed by atoms with Gasteiger partial charge >= 0.3 is 0 Å². The van der Waals surface area contributed by atoms with E-state index in [1.54, 1.807) is 0 Å². The highest BCUT2D eigenvalue weighted by Crippen LogP contribution is 2.08. The van der Waals surface area contributed by atoms with Crippen LogP contribution in [0.5, 0.6) is 0 Å². The Bertz CT molecular complexity index is 186. The molecular weight excluding hydrogens is 210 g/mol. The molecule has 0 saturated carbocycles. The van der Waals surface area contributed by atoms with E-state index in [4.69, 9.17) is 5.73 Å². The summed E-state index contributed by atoms with van der Waals surface area (Å²) in [5.74, 6) is 1.49. The number of hydrogen-bond acceptors (Lipinski definition) is 3. The Morgan fingerprint density at radius 2 is 1.59 bits per heavy atom. The highest BCUT2D eigenvalue weighted by molar-refractivity contribution is 4.73. The molecule has 3 heteroatoms. The van der Waals surface area contributed by atoms with Gasteiger partial charge in [-0.1, -0.05) is 20.8 Å². The number of rotatable bonds is 7. The molecule has 1 heterocycles. The molecule has 0 radical (unpaired) electrons. The third-order valence-electron chi connectivity index (χ3n) is 3.69. The summed E-state index contributed by atoms with van der Waals surface area (Å²) < 4.78 is 0. The van der Waals surface area contributed by atoms with Crippen LogP contribution in [-0.2, 0) is 0 Å². The monoisotopic (exact) mass is 241 g/mol. The van der Waals surface area contributed by atoms with Crippen molar-refractivity contribution in [3.63, 3.8) is 0 Å². The number of nitrogens with two attached hydrogens (primary N) is 1. The summed E-state index contributed by atoms with van der Waals surface area (Å²) in [7, 11) is 0. The molecule has 0 amide bonds. The zero-order valence-corrected chi connectivity index (χ0v) is 12.0. The van der Waals surface area contributed by atoms with Gasteiger partial charge in [0.25, 0.3) is 0 Å². The molecule has 17 heavy (non-hydrogen) atoms. The van der Waals surface area contributed by atoms with E-state index in [1.807, 2.05) is 0 Å². The Morgan fingerprint density at radius 3 is 2.12 bits per heavy atom. The largest absolute Gasteiger partial charge is 0.330 e. The maximum absolute atomic E-state index is 5.67. The fraction of sp³-hybridized carbons (Fsp3) is 1.00. The standard InChI is InChI=1S/C14H31N3/c1-13(2)5-4-6-16-7-9-17(10-8-16)12-14(3)11-15/h13-14H,4-12,15H2,1-3H3. The molecule has 1 aliphatic rings. The van der Waals surface area contributed by atoms with Crippen molar-refractivity contribution in [1.82, 2.24) is 9.80 Å². The Morgan fingerprint density at radius 1 is 1.00 bits per heavy atom. The molecule has 0 aromatic heterocycles. The van der Waals surface area contributed by atoms with Gasteiger partial charge in [0.15, 0.2) is 0 Å². The van der Waals surface area contributed by atoms with Crippen LogP contribution in [-0.4, -0.2) is 55.6 Å². The Kier molecular flexibility index (Phi) is 7.09. The Hall–Kier alpha value is -0.120. The van der Waals surface area contributed by atoms with Crippen LogP contribution in [0.25, 0.3) is 0 Å². The van der Waals surface area contributed by atoms with Crippen LogP contribution in [0.15, 0.2) is 0 Å². The molecule has 1 aliphatic heterocycles. The second-order valence-electron chi connectivity index (χ2n) is 6.02. The van der Waals surface area contributed by atoms with Crippen molar-refractivity contribution < 1.29 is 0 Å². The van der Waals surface area contributed by atoms with Crippen LogP contribution in [0.2, 0.25) is 0 Å². The van der Waals surface area contributed by atoms with Gasteiger partial charge in [-0.3, -0.25) is 0 Å². The third-order valence-corrected chi connectivity index (χ3v) is 3.69. The van der Waals surface area contributed by atoms with Crippen molar-refractivity contribution in [2.24, 2.45) is 17.6 Å². The Labute approximate surface area is 107 Å². The highest BCUT2D eigenvalue weighted by atomic mass is 15.3. The number of nitrogens with zero attached hydrogens (tertiary/aromatic N) is 2. The van der Waals surface area contributed by atoms with Crippen molar-refractivity contribution in [2.75, 3.05) is 45.8 Å². The average Bonchev–Trinajstić information content (AvgIpc) is 2.31. The fourth-order valence-corrected chi connectivity index (χ4v) is 2.43. The summed E-state index contributed by atoms with van der Waals surface area (Å²) in [5, 5.41) is 0. The van der Waals surface area contributed by atoms with E-state index >= 15 is 0 Å². The van der Waals surface area contributed by atoms with E-state index in [9.17, 15) is 0 Å². The lowest BCUT2D eigenvalue weighted by molar-refractivity contribution is 0.119. The van der Waals surface area contributed by atoms with Crippen LogP contribution < -0.4 is 5.73 Å². The third kappa shape index (κ3) is 6.39. The first kappa shape index (κ1) is 14.9. The molecular formula is C14H31N3. The predicted molar refractivity (Wildman–Crippen MR) is 75.2 cm³/mol. The highest BCUT2D eigenvalue weighted by Gasteiger charge is 2.17. The Balaban J connectivity index is 2.09. The molecule has 102 valence electrons. The minimum atomic E-state index is 0.641. The molecule has 2 N–H and O–H groups in total. The molecule has 0 spiro atoms. The van der Waals surface area contributed by atoms with Crippen LogP contribution in [0.4, 0.5) is 0 Å². The van der Waals surface area contributed by atoms with E-state index in [0.717, 1.165) is 12.5 Å². The molecule has 0 aromatic carbocycles. The summed E-state index contributed by atoms with van der Waals surface area (Å²) in [6.07, 6.45) is 2.72. The molecule has 1 fully saturated rings. The van der Waals surface area contributed by atoms with Crippen molar-refractivity contribution in [2.45, 2.75) is 33.6 Å². The smallest absolute Gasteiger partial charge is 0.0110 e. The summed E-state index contributed by atoms with van der Waals surface area (Å²) in [6, 6.07) is 0. The zero-order chi connectivity index (χ0) is 12.7. The fourth-order valence-electron chi connectivity index (χ4n) is 2.43. The van der Waals surface area contributed by atoms with Gasteiger partial charge in [0.05, 0.1) is 0 Å². The maximum Gasteiger partial charge on any atom is 0.0110 e. The van der Waals surface area contributed by atoms with Crippen molar-refractivity contribution >= 4 is 0 Å². The van der Waals surface area contributed by atoms with Crippen LogP contribution in [0, 0.1) is 11.8 Å². The van der Waals surface area contributed by atoms with E-state index in [0.29, 0.717) is 5.92 Å². The second-order valence-corrected chi connectivity index (χ2v) is 6.02. The quantitative estimate of drug-likeness (QED) is 0.735. The molecule has 3 nitrogen and oxygen atoms in total. The number of hydrogen-bond donors (Lipinski definition) is 1. The van der Waals surface area contributed by atoms with Crippen molar-refractivity contribution in [3.8, 4) is 0 Å². The molecule has 1 saturated heterocycles. The van der Waals surface area contributed by atoms with Gasteiger partial charge in [0.1, 0.15) is 0 Å². The summed E-state index contributed by atoms with van der Waals surface area (Å²) >= 11 is 0. The number of piperazine rings is 1. The van der Waals surface area contributed by atoms with Gasteiger partial charge in [-0.15, -0.1) is 0 Å². The molecule has 0 aliphatic carbocycles. The van der Waals surface area contributed by atoms with Gasteiger partial charge in [0.2, 0.25) is 0 Å². The van der Waals surface area contributed by atoms with Crippen molar-refractivity contribution in [1.29, 1.82) is 0 Å². The van der Waals surface area contributed by atoms with E-state index in [-0.39, 0.29) is 0 Å². The van der Waals surface area contributed by atoms with Crippen LogP contribution in [0.1, 0.15) is 33.6 Å². The van der Waals surface area contributed by atoms with Crippen LogP contribution in [0.3, 0.4) is 0 Å². The lowest BCUT2D eigenvalue weighted by Crippen LogP contribution is -2.48. The van der Waals surface area contributed by atoms with Gasteiger partial charge in [-0.2, -0.15) is 0 Å². The molecule has 1 atom stereocenters. The minimum absolute atomic E-state index is 0.641. The average molecular weight is 241 g/mol. The molecule has 0 aromatic rings. The first-order valence-corrected chi connectivity index (χ1v) is 7.26. The predicted octanol–water partition coefficient (Wildman–Crippen LogP) is 1.64. The lowest BCUT2D eigenvalue weighted by atomic mass is 10.1. The maximum atomic E-state index is 5.67. The molecule has 0 bridgehead atoms. The summed E-state index contributed by atoms with van der Waals surface area (Å²) in [6.45, 7) is 15.1. The summed E-state index contributed by atoms with van der Waals surface area (Å²) in [4.78, 5) is 5.18. The van der Waals surface area contributed by atoms with Gasteiger partial charge in [-0.05, 0) is 37.8 Å². The lowest BCUT2D eigenvalue weighted by Gasteiger charge is -2.35. The van der Waals surface area contributed by atoms with Crippen LogP contribution >= 0.6 is 0 Å². The molecule has 1 rings (SSSR count). The first-order valence-electron chi connectivity index (χ1n) is 7.26. The van der Waals surface area contributed by atoms with Crippen molar-refractivity contribution in [3.05, 3.63) is 0 Å².